The number of likely N-dealkylation sites (N-methyl/N-ethyl adjacent to an activating group) is 1. The summed E-state index contributed by atoms with van der Waals surface area (Å²) in [6.45, 7) is 3.93. The van der Waals surface area contributed by atoms with E-state index in [9.17, 15) is 24.2 Å². The van der Waals surface area contributed by atoms with Gasteiger partial charge in [-0.25, -0.2) is 0 Å². The molecule has 0 aliphatic heterocycles. The molecular formula is C46H78NO9P. The fourth-order valence-electron chi connectivity index (χ4n) is 5.03. The lowest BCUT2D eigenvalue weighted by atomic mass is 10.1. The van der Waals surface area contributed by atoms with E-state index in [4.69, 9.17) is 18.5 Å². The number of rotatable bonds is 37. The number of unbranched alkanes of at least 4 members (excludes halogenated alkanes) is 9. The average Bonchev–Trinajstić information content (AvgIpc) is 3.15. The first-order valence-electron chi connectivity index (χ1n) is 21.4. The molecule has 57 heavy (non-hydrogen) atoms. The highest BCUT2D eigenvalue weighted by molar-refractivity contribution is 7.45. The van der Waals surface area contributed by atoms with Crippen molar-refractivity contribution in [3.05, 3.63) is 85.1 Å². The molecule has 1 N–H and O–H groups in total. The zero-order chi connectivity index (χ0) is 42.3. The Morgan fingerprint density at radius 1 is 0.649 bits per heavy atom. The van der Waals surface area contributed by atoms with Crippen LogP contribution in [0.15, 0.2) is 85.1 Å². The van der Waals surface area contributed by atoms with Crippen molar-refractivity contribution in [2.45, 2.75) is 148 Å². The first kappa shape index (κ1) is 54.2. The summed E-state index contributed by atoms with van der Waals surface area (Å²) >= 11 is 0. The van der Waals surface area contributed by atoms with Gasteiger partial charge in [-0.3, -0.25) is 14.2 Å². The molecule has 0 bridgehead atoms. The van der Waals surface area contributed by atoms with Gasteiger partial charge < -0.3 is 33.0 Å². The SMILES string of the molecule is CCCCC/C=C\C=C/[C@H](O)C/C=C\C/C=C/CCCC(=O)O[C@H](COC(=O)CCCC/C=C\C/C=C\C/C=C\CCCCC)COP(=O)([O-])OCC[N+](C)(C)C. The summed E-state index contributed by atoms with van der Waals surface area (Å²) in [7, 11) is 1.05. The van der Waals surface area contributed by atoms with E-state index in [1.54, 1.807) is 6.08 Å². The van der Waals surface area contributed by atoms with Crippen LogP contribution in [0, 0.1) is 0 Å². The third kappa shape index (κ3) is 41.1. The van der Waals surface area contributed by atoms with Crippen LogP contribution in [0.2, 0.25) is 0 Å². The number of hydrogen-bond acceptors (Lipinski definition) is 9. The Balaban J connectivity index is 4.63. The summed E-state index contributed by atoms with van der Waals surface area (Å²) in [5.74, 6) is -0.997. The van der Waals surface area contributed by atoms with E-state index in [1.165, 1.54) is 38.5 Å². The lowest BCUT2D eigenvalue weighted by Gasteiger charge is -2.28. The normalized spacial score (nSPS) is 15.0. The van der Waals surface area contributed by atoms with Gasteiger partial charge in [0.05, 0.1) is 33.9 Å². The first-order valence-corrected chi connectivity index (χ1v) is 22.9. The van der Waals surface area contributed by atoms with E-state index >= 15 is 0 Å². The van der Waals surface area contributed by atoms with Crippen LogP contribution < -0.4 is 4.89 Å². The van der Waals surface area contributed by atoms with Crippen LogP contribution in [0.25, 0.3) is 0 Å². The van der Waals surface area contributed by atoms with Crippen molar-refractivity contribution in [2.75, 3.05) is 47.5 Å². The summed E-state index contributed by atoms with van der Waals surface area (Å²) in [5, 5.41) is 10.1. The van der Waals surface area contributed by atoms with E-state index in [2.05, 4.69) is 56.4 Å². The predicted molar refractivity (Wildman–Crippen MR) is 232 cm³/mol. The van der Waals surface area contributed by atoms with Gasteiger partial charge in [0.2, 0.25) is 0 Å². The molecule has 0 amide bonds. The monoisotopic (exact) mass is 820 g/mol. The number of nitrogens with zero attached hydrogens (tertiary/aromatic N) is 1. The maximum Gasteiger partial charge on any atom is 0.306 e. The molecule has 3 atom stereocenters. The summed E-state index contributed by atoms with van der Waals surface area (Å²) in [6.07, 6.45) is 43.6. The lowest BCUT2D eigenvalue weighted by molar-refractivity contribution is -0.870. The molecule has 326 valence electrons. The number of esters is 2. The highest BCUT2D eigenvalue weighted by Crippen LogP contribution is 2.38. The Kier molecular flexibility index (Phi) is 35.6. The molecule has 11 heteroatoms. The van der Waals surface area contributed by atoms with Gasteiger partial charge in [0, 0.05) is 12.8 Å². The van der Waals surface area contributed by atoms with E-state index in [1.807, 2.05) is 57.6 Å². The Morgan fingerprint density at radius 2 is 1.18 bits per heavy atom. The Bertz CT molecular complexity index is 1260. The van der Waals surface area contributed by atoms with Crippen molar-refractivity contribution in [1.29, 1.82) is 0 Å². The molecule has 0 fully saturated rings. The maximum atomic E-state index is 12.6. The van der Waals surface area contributed by atoms with Crippen LogP contribution in [0.5, 0.6) is 0 Å². The van der Waals surface area contributed by atoms with E-state index in [-0.39, 0.29) is 26.1 Å². The number of ether oxygens (including phenoxy) is 2. The topological polar surface area (TPSA) is 131 Å². The first-order chi connectivity index (χ1) is 27.4. The van der Waals surface area contributed by atoms with Gasteiger partial charge >= 0.3 is 11.9 Å². The van der Waals surface area contributed by atoms with Crippen LogP contribution in [0.1, 0.15) is 136 Å². The molecule has 0 saturated carbocycles. The Morgan fingerprint density at radius 3 is 1.77 bits per heavy atom. The van der Waals surface area contributed by atoms with Crippen LogP contribution in [0.4, 0.5) is 0 Å². The minimum absolute atomic E-state index is 0.0633. The molecule has 0 radical (unpaired) electrons. The number of phosphoric acid groups is 1. The molecule has 0 aliphatic rings. The quantitative estimate of drug-likeness (QED) is 0.0162. The van der Waals surface area contributed by atoms with E-state index in [0.29, 0.717) is 43.1 Å². The van der Waals surface area contributed by atoms with Gasteiger partial charge in [0.15, 0.2) is 6.10 Å². The molecule has 1 unspecified atom stereocenters. The number of allylic oxidation sites excluding steroid dienone is 12. The van der Waals surface area contributed by atoms with Crippen LogP contribution in [-0.2, 0) is 32.7 Å². The van der Waals surface area contributed by atoms with Crippen LogP contribution in [0.3, 0.4) is 0 Å². The van der Waals surface area contributed by atoms with Crippen molar-refractivity contribution < 1.29 is 47.2 Å². The van der Waals surface area contributed by atoms with Crippen molar-refractivity contribution in [3.63, 3.8) is 0 Å². The molecule has 0 heterocycles. The molecule has 0 aromatic rings. The third-order valence-electron chi connectivity index (χ3n) is 8.47. The Labute approximate surface area is 346 Å². The molecule has 0 aromatic carbocycles. The molecule has 0 aromatic heterocycles. The van der Waals surface area contributed by atoms with Gasteiger partial charge in [0.25, 0.3) is 7.82 Å². The number of hydrogen-bond donors (Lipinski definition) is 1. The van der Waals surface area contributed by atoms with Crippen LogP contribution in [-0.4, -0.2) is 81.2 Å². The fraction of sp³-hybridized carbons (Fsp3) is 0.652. The second-order valence-electron chi connectivity index (χ2n) is 15.2. The van der Waals surface area contributed by atoms with Crippen molar-refractivity contribution in [2.24, 2.45) is 0 Å². The van der Waals surface area contributed by atoms with Crippen LogP contribution >= 0.6 is 7.82 Å². The fourth-order valence-corrected chi connectivity index (χ4v) is 5.75. The molecule has 10 nitrogen and oxygen atoms in total. The van der Waals surface area contributed by atoms with Crippen molar-refractivity contribution >= 4 is 19.8 Å². The highest BCUT2D eigenvalue weighted by Gasteiger charge is 2.21. The van der Waals surface area contributed by atoms with E-state index < -0.39 is 38.6 Å². The van der Waals surface area contributed by atoms with Gasteiger partial charge in [-0.15, -0.1) is 0 Å². The molecule has 0 aliphatic carbocycles. The second kappa shape index (κ2) is 37.4. The predicted octanol–water partition coefficient (Wildman–Crippen LogP) is 10.4. The minimum atomic E-state index is -4.67. The molecule has 0 saturated heterocycles. The number of aliphatic hydroxyl groups excluding tert-OH is 1. The van der Waals surface area contributed by atoms with Gasteiger partial charge in [-0.1, -0.05) is 125 Å². The number of carbonyl (C=O) groups is 2. The van der Waals surface area contributed by atoms with Gasteiger partial charge in [0.1, 0.15) is 19.8 Å². The van der Waals surface area contributed by atoms with E-state index in [0.717, 1.165) is 38.5 Å². The zero-order valence-corrected chi connectivity index (χ0v) is 37.0. The number of aliphatic hydroxyl groups is 1. The summed E-state index contributed by atoms with van der Waals surface area (Å²) in [6, 6.07) is 0. The van der Waals surface area contributed by atoms with Crippen molar-refractivity contribution in [1.82, 2.24) is 0 Å². The number of phosphoric ester groups is 1. The number of quaternary nitrogens is 1. The third-order valence-corrected chi connectivity index (χ3v) is 9.43. The maximum absolute atomic E-state index is 12.6. The lowest BCUT2D eigenvalue weighted by Crippen LogP contribution is -2.37. The minimum Gasteiger partial charge on any atom is -0.756 e. The van der Waals surface area contributed by atoms with Gasteiger partial charge in [-0.2, -0.15) is 0 Å². The van der Waals surface area contributed by atoms with Crippen molar-refractivity contribution in [3.8, 4) is 0 Å². The summed E-state index contributed by atoms with van der Waals surface area (Å²) in [4.78, 5) is 37.5. The Hall–Kier alpha value is -2.85. The molecule has 0 spiro atoms. The second-order valence-corrected chi connectivity index (χ2v) is 16.6. The highest BCUT2D eigenvalue weighted by atomic mass is 31.2. The zero-order valence-electron chi connectivity index (χ0n) is 36.1. The number of carbonyl (C=O) groups excluding carboxylic acids is 2. The summed E-state index contributed by atoms with van der Waals surface area (Å²) < 4.78 is 33.7. The van der Waals surface area contributed by atoms with Gasteiger partial charge in [-0.05, 0) is 83.5 Å². The standard InChI is InChI=1S/C46H78NO9P/c1-6-8-10-12-14-15-16-17-18-19-20-21-25-29-33-37-45(49)53-41-44(42-55-57(51,52)54-40-39-47(3,4)5)56-46(50)38-34-30-26-22-24-28-32-36-43(48)35-31-27-23-13-11-9-7-2/h14-15,17-18,20-23,26-28,31-32,35,43-44,48H,6-13,16,19,24-25,29-30,33-34,36-42H2,1-5H3/b15-14-,18-17-,21-20-,26-22+,27-23-,32-28-,35-31-/t43-,44+/m0/s1. The summed E-state index contributed by atoms with van der Waals surface area (Å²) in [5.41, 5.74) is 0. The molecular weight excluding hydrogens is 741 g/mol. The molecule has 0 rings (SSSR count). The largest absolute Gasteiger partial charge is 0.756 e. The smallest absolute Gasteiger partial charge is 0.306 e. The average molecular weight is 820 g/mol.